The molecule has 1 aliphatic heterocycles. The number of carbonyl (C=O) groups excluding carboxylic acids is 1. The summed E-state index contributed by atoms with van der Waals surface area (Å²) in [6.07, 6.45) is 2.10. The van der Waals surface area contributed by atoms with Crippen molar-refractivity contribution in [3.63, 3.8) is 0 Å². The predicted molar refractivity (Wildman–Crippen MR) is 87.6 cm³/mol. The lowest BCUT2D eigenvalue weighted by molar-refractivity contribution is 0.0240. The number of hydrogen-bond donors (Lipinski definition) is 0. The molecule has 7 heteroatoms. The second-order valence-electron chi connectivity index (χ2n) is 6.56. The van der Waals surface area contributed by atoms with E-state index in [1.165, 1.54) is 0 Å². The van der Waals surface area contributed by atoms with Crippen LogP contribution in [0.25, 0.3) is 0 Å². The fourth-order valence-electron chi connectivity index (χ4n) is 2.35. The molecule has 1 aliphatic rings. The Morgan fingerprint density at radius 1 is 1.22 bits per heavy atom. The third-order valence-corrected chi connectivity index (χ3v) is 3.53. The Morgan fingerprint density at radius 3 is 2.52 bits per heavy atom. The van der Waals surface area contributed by atoms with Gasteiger partial charge in [-0.2, -0.15) is 0 Å². The van der Waals surface area contributed by atoms with E-state index in [0.717, 1.165) is 31.0 Å². The van der Waals surface area contributed by atoms with Gasteiger partial charge >= 0.3 is 6.09 Å². The molecule has 1 amide bonds. The molecule has 2 rings (SSSR count). The van der Waals surface area contributed by atoms with Crippen LogP contribution in [0.3, 0.4) is 0 Å². The van der Waals surface area contributed by atoms with E-state index in [-0.39, 0.29) is 6.09 Å². The Balaban J connectivity index is 1.90. The second-order valence-corrected chi connectivity index (χ2v) is 6.56. The Kier molecular flexibility index (Phi) is 5.76. The Labute approximate surface area is 137 Å². The third-order valence-electron chi connectivity index (χ3n) is 3.53. The van der Waals surface area contributed by atoms with Crippen LogP contribution in [0.1, 0.15) is 26.5 Å². The number of rotatable bonds is 4. The summed E-state index contributed by atoms with van der Waals surface area (Å²) in [6, 6.07) is 1.99. The molecule has 0 bridgehead atoms. The van der Waals surface area contributed by atoms with Gasteiger partial charge in [0.15, 0.2) is 0 Å². The first-order valence-electron chi connectivity index (χ1n) is 7.92. The molecule has 1 aromatic rings. The van der Waals surface area contributed by atoms with Crippen LogP contribution >= 0.6 is 0 Å². The molecule has 0 radical (unpaired) electrons. The first-order valence-corrected chi connectivity index (χ1v) is 7.92. The molecular weight excluding hydrogens is 296 g/mol. The summed E-state index contributed by atoms with van der Waals surface area (Å²) in [5.74, 6) is 0.898. The second kappa shape index (κ2) is 7.59. The third kappa shape index (κ3) is 5.35. The largest absolute Gasteiger partial charge is 0.444 e. The normalized spacial score (nSPS) is 15.7. The molecule has 7 nitrogen and oxygen atoms in total. The Hall–Kier alpha value is -1.89. The van der Waals surface area contributed by atoms with Crippen LogP contribution in [0.15, 0.2) is 12.4 Å². The highest BCUT2D eigenvalue weighted by Crippen LogP contribution is 2.16. The lowest BCUT2D eigenvalue weighted by Gasteiger charge is -2.36. The fraction of sp³-hybridized carbons (Fsp3) is 0.688. The van der Waals surface area contributed by atoms with Gasteiger partial charge in [0.05, 0.1) is 6.61 Å². The quantitative estimate of drug-likeness (QED) is 0.841. The van der Waals surface area contributed by atoms with Gasteiger partial charge in [-0.15, -0.1) is 0 Å². The fourth-order valence-corrected chi connectivity index (χ4v) is 2.35. The molecule has 0 N–H and O–H groups in total. The van der Waals surface area contributed by atoms with Gasteiger partial charge < -0.3 is 19.3 Å². The molecule has 1 saturated heterocycles. The van der Waals surface area contributed by atoms with Crippen molar-refractivity contribution in [2.24, 2.45) is 0 Å². The van der Waals surface area contributed by atoms with Gasteiger partial charge in [0.25, 0.3) is 0 Å². The molecule has 1 fully saturated rings. The number of amides is 1. The minimum atomic E-state index is -0.461. The highest BCUT2D eigenvalue weighted by Gasteiger charge is 2.26. The predicted octanol–water partition coefficient (Wildman–Crippen LogP) is 1.72. The van der Waals surface area contributed by atoms with Gasteiger partial charge in [0.1, 0.15) is 17.7 Å². The maximum Gasteiger partial charge on any atom is 0.410 e. The number of methoxy groups -OCH3 is 1. The average molecular weight is 322 g/mol. The lowest BCUT2D eigenvalue weighted by atomic mass is 10.2. The van der Waals surface area contributed by atoms with Gasteiger partial charge in [-0.3, -0.25) is 0 Å². The van der Waals surface area contributed by atoms with Crippen molar-refractivity contribution in [1.29, 1.82) is 0 Å². The van der Waals surface area contributed by atoms with Gasteiger partial charge in [-0.05, 0) is 20.8 Å². The number of piperazine rings is 1. The number of hydrogen-bond acceptors (Lipinski definition) is 6. The molecule has 0 aromatic carbocycles. The van der Waals surface area contributed by atoms with E-state index in [4.69, 9.17) is 9.47 Å². The molecule has 0 aliphatic carbocycles. The van der Waals surface area contributed by atoms with Crippen molar-refractivity contribution < 1.29 is 14.3 Å². The summed E-state index contributed by atoms with van der Waals surface area (Å²) >= 11 is 0. The van der Waals surface area contributed by atoms with E-state index < -0.39 is 5.60 Å². The molecule has 2 heterocycles. The van der Waals surface area contributed by atoms with Gasteiger partial charge in [0, 0.05) is 51.5 Å². The van der Waals surface area contributed by atoms with Crippen LogP contribution in [0.2, 0.25) is 0 Å². The van der Waals surface area contributed by atoms with E-state index in [9.17, 15) is 4.79 Å². The lowest BCUT2D eigenvalue weighted by Crippen LogP contribution is -2.50. The zero-order valence-electron chi connectivity index (χ0n) is 14.4. The first kappa shape index (κ1) is 17.5. The van der Waals surface area contributed by atoms with Crippen LogP contribution in [-0.4, -0.2) is 66.5 Å². The van der Waals surface area contributed by atoms with E-state index >= 15 is 0 Å². The van der Waals surface area contributed by atoms with Crippen LogP contribution in [0, 0.1) is 0 Å². The highest BCUT2D eigenvalue weighted by molar-refractivity contribution is 5.68. The zero-order valence-corrected chi connectivity index (χ0v) is 14.4. The average Bonchev–Trinajstić information content (AvgIpc) is 2.52. The maximum atomic E-state index is 12.1. The minimum Gasteiger partial charge on any atom is -0.444 e. The van der Waals surface area contributed by atoms with E-state index in [1.54, 1.807) is 18.3 Å². The number of ether oxygens (including phenoxy) is 2. The van der Waals surface area contributed by atoms with Gasteiger partial charge in [-0.25, -0.2) is 14.8 Å². The van der Waals surface area contributed by atoms with Crippen LogP contribution in [0.4, 0.5) is 10.6 Å². The van der Waals surface area contributed by atoms with Crippen LogP contribution in [0.5, 0.6) is 0 Å². The highest BCUT2D eigenvalue weighted by atomic mass is 16.6. The van der Waals surface area contributed by atoms with Gasteiger partial charge in [0.2, 0.25) is 0 Å². The molecule has 0 saturated carbocycles. The summed E-state index contributed by atoms with van der Waals surface area (Å²) in [5.41, 5.74) is 0.503. The van der Waals surface area contributed by atoms with Crippen molar-refractivity contribution >= 4 is 11.9 Å². The number of nitrogens with zero attached hydrogens (tertiary/aromatic N) is 4. The minimum absolute atomic E-state index is 0.249. The SMILES string of the molecule is COCCc1cc(N2CCN(C(=O)OC(C)(C)C)CC2)ncn1. The molecule has 128 valence electrons. The Bertz CT molecular complexity index is 522. The Morgan fingerprint density at radius 2 is 1.91 bits per heavy atom. The summed E-state index contributed by atoms with van der Waals surface area (Å²) < 4.78 is 10.5. The topological polar surface area (TPSA) is 67.8 Å². The van der Waals surface area contributed by atoms with Crippen molar-refractivity contribution in [3.05, 3.63) is 18.1 Å². The smallest absolute Gasteiger partial charge is 0.410 e. The summed E-state index contributed by atoms with van der Waals surface area (Å²) in [4.78, 5) is 24.6. The number of aromatic nitrogens is 2. The summed E-state index contributed by atoms with van der Waals surface area (Å²) in [5, 5.41) is 0. The molecule has 0 spiro atoms. The van der Waals surface area contributed by atoms with Crippen LogP contribution < -0.4 is 4.90 Å². The maximum absolute atomic E-state index is 12.1. The zero-order chi connectivity index (χ0) is 16.9. The summed E-state index contributed by atoms with van der Waals surface area (Å²) in [7, 11) is 1.68. The molecule has 23 heavy (non-hydrogen) atoms. The van der Waals surface area contributed by atoms with Crippen LogP contribution in [-0.2, 0) is 15.9 Å². The van der Waals surface area contributed by atoms with E-state index in [0.29, 0.717) is 19.7 Å². The van der Waals surface area contributed by atoms with E-state index in [2.05, 4.69) is 14.9 Å². The number of anilines is 1. The van der Waals surface area contributed by atoms with E-state index in [1.807, 2.05) is 26.8 Å². The van der Waals surface area contributed by atoms with Crippen molar-refractivity contribution in [2.75, 3.05) is 44.8 Å². The number of carbonyl (C=O) groups is 1. The molecule has 0 atom stereocenters. The standard InChI is InChI=1S/C16H26N4O3/c1-16(2,3)23-15(21)20-8-6-19(7-9-20)14-11-13(5-10-22-4)17-12-18-14/h11-12H,5-10H2,1-4H3. The first-order chi connectivity index (χ1) is 10.9. The molecule has 1 aromatic heterocycles. The molecule has 0 unspecified atom stereocenters. The van der Waals surface area contributed by atoms with Gasteiger partial charge in [-0.1, -0.05) is 0 Å². The monoisotopic (exact) mass is 322 g/mol. The van der Waals surface area contributed by atoms with Crippen molar-refractivity contribution in [1.82, 2.24) is 14.9 Å². The van der Waals surface area contributed by atoms with Crippen molar-refractivity contribution in [2.45, 2.75) is 32.8 Å². The molecular formula is C16H26N4O3. The summed E-state index contributed by atoms with van der Waals surface area (Å²) in [6.45, 7) is 9.01. The van der Waals surface area contributed by atoms with Crippen molar-refractivity contribution in [3.8, 4) is 0 Å².